The first-order chi connectivity index (χ1) is 7.54. The zero-order chi connectivity index (χ0) is 12.1. The lowest BCUT2D eigenvalue weighted by atomic mass is 10.4. The number of nitrogens with one attached hydrogen (secondary N) is 2. The first-order valence-electron chi connectivity index (χ1n) is 4.91. The summed E-state index contributed by atoms with van der Waals surface area (Å²) in [6.45, 7) is 1.39. The maximum absolute atomic E-state index is 11.7. The van der Waals surface area contributed by atoms with Gasteiger partial charge in [-0.2, -0.15) is 0 Å². The highest BCUT2D eigenvalue weighted by molar-refractivity contribution is 7.18. The maximum atomic E-state index is 11.7. The topological polar surface area (TPSA) is 83.3 Å². The summed E-state index contributed by atoms with van der Waals surface area (Å²) in [4.78, 5) is 18.2. The zero-order valence-electron chi connectivity index (χ0n) is 9.70. The Bertz CT molecular complexity index is 363. The number of likely N-dealkylation sites (N-methyl/N-ethyl adjacent to an activating group) is 1. The van der Waals surface area contributed by atoms with Crippen LogP contribution in [-0.2, 0) is 0 Å². The number of aromatic nitrogens is 1. The van der Waals surface area contributed by atoms with Gasteiger partial charge in [-0.15, -0.1) is 0 Å². The quantitative estimate of drug-likeness (QED) is 0.681. The number of hydrogen-bond donors (Lipinski definition) is 3. The third kappa shape index (κ3) is 3.35. The minimum absolute atomic E-state index is 0.168. The molecule has 6 nitrogen and oxygen atoms in total. The van der Waals surface area contributed by atoms with E-state index in [-0.39, 0.29) is 11.7 Å². The smallest absolute Gasteiger partial charge is 0.265 e. The molecule has 0 bridgehead atoms. The van der Waals surface area contributed by atoms with Crippen molar-refractivity contribution in [3.8, 4) is 0 Å². The number of anilines is 2. The summed E-state index contributed by atoms with van der Waals surface area (Å²) < 4.78 is 0. The van der Waals surface area contributed by atoms with E-state index in [9.17, 15) is 4.79 Å². The van der Waals surface area contributed by atoms with Gasteiger partial charge < -0.3 is 21.3 Å². The highest BCUT2D eigenvalue weighted by Gasteiger charge is 2.14. The highest BCUT2D eigenvalue weighted by atomic mass is 32.1. The molecule has 1 aromatic heterocycles. The van der Waals surface area contributed by atoms with Gasteiger partial charge in [0.25, 0.3) is 5.91 Å². The molecule has 0 aliphatic carbocycles. The second-order valence-corrected chi connectivity index (χ2v) is 4.54. The minimum Gasteiger partial charge on any atom is -0.382 e. The number of carbonyl (C=O) groups is 1. The molecule has 0 atom stereocenters. The van der Waals surface area contributed by atoms with E-state index in [1.807, 2.05) is 19.0 Å². The van der Waals surface area contributed by atoms with Crippen LogP contribution in [0.15, 0.2) is 0 Å². The van der Waals surface area contributed by atoms with E-state index in [4.69, 9.17) is 5.73 Å². The summed E-state index contributed by atoms with van der Waals surface area (Å²) in [5, 5.41) is 6.30. The molecule has 1 aromatic rings. The summed E-state index contributed by atoms with van der Waals surface area (Å²) in [6.07, 6.45) is 0. The SMILES string of the molecule is CNc1nc(N)c(C(=O)NCCN(C)C)s1. The molecule has 0 aromatic carbocycles. The van der Waals surface area contributed by atoms with E-state index in [1.54, 1.807) is 7.05 Å². The Balaban J connectivity index is 2.55. The van der Waals surface area contributed by atoms with Gasteiger partial charge >= 0.3 is 0 Å². The fourth-order valence-electron chi connectivity index (χ4n) is 1.07. The van der Waals surface area contributed by atoms with Crippen molar-refractivity contribution < 1.29 is 4.79 Å². The van der Waals surface area contributed by atoms with Crippen LogP contribution < -0.4 is 16.4 Å². The number of nitrogen functional groups attached to an aromatic ring is 1. The molecular formula is C9H17N5OS. The van der Waals surface area contributed by atoms with Crippen LogP contribution in [0.3, 0.4) is 0 Å². The summed E-state index contributed by atoms with van der Waals surface area (Å²) >= 11 is 1.25. The molecule has 1 heterocycles. The normalized spacial score (nSPS) is 10.5. The molecule has 1 rings (SSSR count). The van der Waals surface area contributed by atoms with Crippen molar-refractivity contribution in [1.82, 2.24) is 15.2 Å². The fraction of sp³-hybridized carbons (Fsp3) is 0.556. The first-order valence-corrected chi connectivity index (χ1v) is 5.73. The number of hydrogen-bond acceptors (Lipinski definition) is 6. The number of rotatable bonds is 5. The van der Waals surface area contributed by atoms with E-state index in [2.05, 4.69) is 15.6 Å². The van der Waals surface area contributed by atoms with Crippen LogP contribution in [0.5, 0.6) is 0 Å². The van der Waals surface area contributed by atoms with Crippen molar-refractivity contribution >= 4 is 28.2 Å². The van der Waals surface area contributed by atoms with Gasteiger partial charge in [0.2, 0.25) is 0 Å². The molecule has 0 spiro atoms. The van der Waals surface area contributed by atoms with Gasteiger partial charge in [-0.3, -0.25) is 4.79 Å². The van der Waals surface area contributed by atoms with Gasteiger partial charge in [0.05, 0.1) is 0 Å². The lowest BCUT2D eigenvalue weighted by molar-refractivity contribution is 0.0956. The Labute approximate surface area is 98.8 Å². The third-order valence-corrected chi connectivity index (χ3v) is 3.01. The Morgan fingerprint density at radius 3 is 2.75 bits per heavy atom. The van der Waals surface area contributed by atoms with Gasteiger partial charge in [-0.05, 0) is 14.1 Å². The average molecular weight is 243 g/mol. The summed E-state index contributed by atoms with van der Waals surface area (Å²) in [5.41, 5.74) is 5.64. The molecule has 0 saturated heterocycles. The lowest BCUT2D eigenvalue weighted by Gasteiger charge is -2.09. The number of amides is 1. The van der Waals surface area contributed by atoms with E-state index >= 15 is 0 Å². The van der Waals surface area contributed by atoms with Gasteiger partial charge in [0.1, 0.15) is 10.7 Å². The largest absolute Gasteiger partial charge is 0.382 e. The molecule has 1 amide bonds. The molecule has 7 heteroatoms. The van der Waals surface area contributed by atoms with Gasteiger partial charge in [-0.1, -0.05) is 11.3 Å². The molecule has 0 aliphatic rings. The third-order valence-electron chi connectivity index (χ3n) is 1.92. The van der Waals surface area contributed by atoms with E-state index in [0.29, 0.717) is 16.6 Å². The maximum Gasteiger partial charge on any atom is 0.265 e. The molecule has 0 aliphatic heterocycles. The van der Waals surface area contributed by atoms with E-state index in [1.165, 1.54) is 11.3 Å². The highest BCUT2D eigenvalue weighted by Crippen LogP contribution is 2.23. The predicted molar refractivity (Wildman–Crippen MR) is 67.0 cm³/mol. The van der Waals surface area contributed by atoms with Gasteiger partial charge in [0.15, 0.2) is 5.13 Å². The van der Waals surface area contributed by atoms with Crippen LogP contribution in [0, 0.1) is 0 Å². The number of thiazole rings is 1. The predicted octanol–water partition coefficient (Wildman–Crippen LogP) is 0.0584. The molecule has 0 saturated carbocycles. The lowest BCUT2D eigenvalue weighted by Crippen LogP contribution is -2.31. The molecule has 0 unspecified atom stereocenters. The van der Waals surface area contributed by atoms with Crippen LogP contribution in [0.4, 0.5) is 10.9 Å². The molecular weight excluding hydrogens is 226 g/mol. The van der Waals surface area contributed by atoms with Crippen LogP contribution in [-0.4, -0.2) is 50.0 Å². The van der Waals surface area contributed by atoms with E-state index < -0.39 is 0 Å². The minimum atomic E-state index is -0.168. The standard InChI is InChI=1S/C9H17N5OS/c1-11-9-13-7(10)6(16-9)8(15)12-4-5-14(2)3/h4-5,10H2,1-3H3,(H,11,13)(H,12,15). The number of nitrogens with zero attached hydrogens (tertiary/aromatic N) is 2. The van der Waals surface area contributed by atoms with Crippen LogP contribution in [0.2, 0.25) is 0 Å². The van der Waals surface area contributed by atoms with Crippen LogP contribution in [0.1, 0.15) is 9.67 Å². The van der Waals surface area contributed by atoms with Crippen LogP contribution >= 0.6 is 11.3 Å². The van der Waals surface area contributed by atoms with Crippen molar-refractivity contribution in [1.29, 1.82) is 0 Å². The van der Waals surface area contributed by atoms with Crippen molar-refractivity contribution in [2.24, 2.45) is 0 Å². The molecule has 90 valence electrons. The molecule has 4 N–H and O–H groups in total. The summed E-state index contributed by atoms with van der Waals surface area (Å²) in [5.74, 6) is 0.107. The van der Waals surface area contributed by atoms with Crippen molar-refractivity contribution in [3.63, 3.8) is 0 Å². The monoisotopic (exact) mass is 243 g/mol. The van der Waals surface area contributed by atoms with Gasteiger partial charge in [-0.25, -0.2) is 4.98 Å². The average Bonchev–Trinajstić information content (AvgIpc) is 2.59. The summed E-state index contributed by atoms with van der Waals surface area (Å²) in [7, 11) is 5.64. The van der Waals surface area contributed by atoms with Crippen molar-refractivity contribution in [2.45, 2.75) is 0 Å². The first kappa shape index (κ1) is 12.7. The second-order valence-electron chi connectivity index (χ2n) is 3.54. The summed E-state index contributed by atoms with van der Waals surface area (Å²) in [6, 6.07) is 0. The van der Waals surface area contributed by atoms with Crippen molar-refractivity contribution in [3.05, 3.63) is 4.88 Å². The molecule has 0 radical (unpaired) electrons. The molecule has 0 fully saturated rings. The Kier molecular flexibility index (Phi) is 4.51. The van der Waals surface area contributed by atoms with Gasteiger partial charge in [0, 0.05) is 20.1 Å². The Morgan fingerprint density at radius 1 is 1.56 bits per heavy atom. The van der Waals surface area contributed by atoms with Crippen LogP contribution in [0.25, 0.3) is 0 Å². The zero-order valence-corrected chi connectivity index (χ0v) is 10.5. The second kappa shape index (κ2) is 5.66. The Hall–Kier alpha value is -1.34. The molecule has 16 heavy (non-hydrogen) atoms. The fourth-order valence-corrected chi connectivity index (χ4v) is 1.83. The number of carbonyl (C=O) groups excluding carboxylic acids is 1. The Morgan fingerprint density at radius 2 is 2.25 bits per heavy atom. The van der Waals surface area contributed by atoms with Crippen molar-refractivity contribution in [2.75, 3.05) is 45.3 Å². The van der Waals surface area contributed by atoms with E-state index in [0.717, 1.165) is 6.54 Å². The number of nitrogens with two attached hydrogens (primary N) is 1.